The first-order valence-corrected chi connectivity index (χ1v) is 6.13. The molecule has 1 atom stereocenters. The van der Waals surface area contributed by atoms with Crippen molar-refractivity contribution in [3.8, 4) is 0 Å². The summed E-state index contributed by atoms with van der Waals surface area (Å²) in [6.07, 6.45) is 1.84. The van der Waals surface area contributed by atoms with E-state index in [0.29, 0.717) is 26.4 Å². The minimum absolute atomic E-state index is 0.139. The van der Waals surface area contributed by atoms with E-state index in [0.717, 1.165) is 12.8 Å². The lowest BCUT2D eigenvalue weighted by Gasteiger charge is -2.31. The summed E-state index contributed by atoms with van der Waals surface area (Å²) >= 11 is 0. The molecule has 1 spiro atoms. The third-order valence-electron chi connectivity index (χ3n) is 3.81. The fourth-order valence-electron chi connectivity index (χ4n) is 3.32. The molecule has 3 aliphatic rings. The molecule has 1 aliphatic carbocycles. The van der Waals surface area contributed by atoms with E-state index in [1.54, 1.807) is 0 Å². The highest BCUT2D eigenvalue weighted by molar-refractivity contribution is 4.99. The molecule has 4 heteroatoms. The van der Waals surface area contributed by atoms with Gasteiger partial charge in [-0.05, 0) is 11.8 Å². The van der Waals surface area contributed by atoms with Crippen molar-refractivity contribution in [1.29, 1.82) is 0 Å². The summed E-state index contributed by atoms with van der Waals surface area (Å²) in [6, 6.07) is 0. The Kier molecular flexibility index (Phi) is 2.51. The first-order chi connectivity index (χ1) is 7.61. The molecule has 0 aromatic carbocycles. The minimum Gasteiger partial charge on any atom is -0.350 e. The predicted octanol–water partition coefficient (Wildman–Crippen LogP) is 1.54. The third kappa shape index (κ3) is 1.68. The monoisotopic (exact) mass is 228 g/mol. The maximum absolute atomic E-state index is 5.88. The number of ether oxygens (including phenoxy) is 4. The maximum atomic E-state index is 5.88. The Morgan fingerprint density at radius 2 is 1.56 bits per heavy atom. The Hall–Kier alpha value is -0.160. The van der Waals surface area contributed by atoms with E-state index in [2.05, 4.69) is 13.8 Å². The summed E-state index contributed by atoms with van der Waals surface area (Å²) < 4.78 is 23.0. The molecule has 0 N–H and O–H groups in total. The molecule has 0 radical (unpaired) electrons. The van der Waals surface area contributed by atoms with E-state index in [1.165, 1.54) is 0 Å². The van der Waals surface area contributed by atoms with Gasteiger partial charge in [0.1, 0.15) is 0 Å². The van der Waals surface area contributed by atoms with Crippen LogP contribution in [0.1, 0.15) is 26.7 Å². The first-order valence-electron chi connectivity index (χ1n) is 6.13. The number of hydrogen-bond acceptors (Lipinski definition) is 4. The van der Waals surface area contributed by atoms with Gasteiger partial charge in [-0.1, -0.05) is 13.8 Å². The van der Waals surface area contributed by atoms with Gasteiger partial charge in [0.25, 0.3) is 0 Å². The number of rotatable bonds is 1. The SMILES string of the molecule is CC1(C)C[C@H](C2OCCO2)C2(C1)OCCO2. The standard InChI is InChI=1S/C12H20O4/c1-11(2)7-9(10-13-3-4-14-10)12(8-11)15-5-6-16-12/h9-10H,3-8H2,1-2H3/t9-/m1/s1. The van der Waals surface area contributed by atoms with Crippen LogP contribution < -0.4 is 0 Å². The van der Waals surface area contributed by atoms with Crippen LogP contribution in [0.5, 0.6) is 0 Å². The summed E-state index contributed by atoms with van der Waals surface area (Å²) in [5.41, 5.74) is 0.240. The smallest absolute Gasteiger partial charge is 0.176 e. The molecule has 2 heterocycles. The molecule has 0 bridgehead atoms. The van der Waals surface area contributed by atoms with Gasteiger partial charge >= 0.3 is 0 Å². The van der Waals surface area contributed by atoms with Crippen molar-refractivity contribution in [3.63, 3.8) is 0 Å². The Morgan fingerprint density at radius 1 is 0.938 bits per heavy atom. The van der Waals surface area contributed by atoms with Crippen LogP contribution in [0.3, 0.4) is 0 Å². The topological polar surface area (TPSA) is 36.9 Å². The normalized spacial score (nSPS) is 37.5. The minimum atomic E-state index is -0.446. The lowest BCUT2D eigenvalue weighted by atomic mass is 9.90. The fourth-order valence-corrected chi connectivity index (χ4v) is 3.32. The molecule has 0 aromatic heterocycles. The average molecular weight is 228 g/mol. The molecule has 0 aromatic rings. The molecule has 3 fully saturated rings. The van der Waals surface area contributed by atoms with Gasteiger partial charge in [-0.3, -0.25) is 0 Å². The molecule has 4 nitrogen and oxygen atoms in total. The summed E-state index contributed by atoms with van der Waals surface area (Å²) in [5, 5.41) is 0. The summed E-state index contributed by atoms with van der Waals surface area (Å²) in [6.45, 7) is 7.29. The average Bonchev–Trinajstić information content (AvgIpc) is 2.87. The zero-order valence-electron chi connectivity index (χ0n) is 10.0. The molecular formula is C12H20O4. The van der Waals surface area contributed by atoms with Crippen molar-refractivity contribution in [2.75, 3.05) is 26.4 Å². The molecule has 92 valence electrons. The zero-order chi connectivity index (χ0) is 11.2. The van der Waals surface area contributed by atoms with Crippen LogP contribution in [0, 0.1) is 11.3 Å². The van der Waals surface area contributed by atoms with Gasteiger partial charge < -0.3 is 18.9 Å². The van der Waals surface area contributed by atoms with Crippen molar-refractivity contribution in [3.05, 3.63) is 0 Å². The molecule has 0 unspecified atom stereocenters. The highest BCUT2D eigenvalue weighted by Crippen LogP contribution is 2.53. The second-order valence-corrected chi connectivity index (χ2v) is 5.77. The second kappa shape index (κ2) is 3.67. The molecule has 1 saturated carbocycles. The van der Waals surface area contributed by atoms with E-state index >= 15 is 0 Å². The fraction of sp³-hybridized carbons (Fsp3) is 1.00. The lowest BCUT2D eigenvalue weighted by Crippen LogP contribution is -2.41. The van der Waals surface area contributed by atoms with Gasteiger partial charge in [0.2, 0.25) is 0 Å². The van der Waals surface area contributed by atoms with Crippen LogP contribution in [-0.2, 0) is 18.9 Å². The Morgan fingerprint density at radius 3 is 2.19 bits per heavy atom. The van der Waals surface area contributed by atoms with Crippen molar-refractivity contribution < 1.29 is 18.9 Å². The Bertz CT molecular complexity index is 264. The highest BCUT2D eigenvalue weighted by Gasteiger charge is 2.58. The summed E-state index contributed by atoms with van der Waals surface area (Å²) in [4.78, 5) is 0. The van der Waals surface area contributed by atoms with Gasteiger partial charge in [-0.15, -0.1) is 0 Å². The lowest BCUT2D eigenvalue weighted by molar-refractivity contribution is -0.233. The molecule has 3 rings (SSSR count). The van der Waals surface area contributed by atoms with Crippen molar-refractivity contribution >= 4 is 0 Å². The van der Waals surface area contributed by atoms with E-state index in [9.17, 15) is 0 Å². The van der Waals surface area contributed by atoms with Crippen LogP contribution in [0.4, 0.5) is 0 Å². The van der Waals surface area contributed by atoms with Crippen LogP contribution in [-0.4, -0.2) is 38.5 Å². The van der Waals surface area contributed by atoms with E-state index < -0.39 is 5.79 Å². The van der Waals surface area contributed by atoms with Gasteiger partial charge in [0.05, 0.1) is 32.3 Å². The molecular weight excluding hydrogens is 208 g/mol. The van der Waals surface area contributed by atoms with Crippen LogP contribution in [0.15, 0.2) is 0 Å². The van der Waals surface area contributed by atoms with Crippen LogP contribution in [0.2, 0.25) is 0 Å². The molecule has 16 heavy (non-hydrogen) atoms. The molecule has 2 aliphatic heterocycles. The summed E-state index contributed by atoms with van der Waals surface area (Å²) in [5.74, 6) is -0.231. The molecule has 0 amide bonds. The van der Waals surface area contributed by atoms with Crippen molar-refractivity contribution in [1.82, 2.24) is 0 Å². The molecule has 2 saturated heterocycles. The van der Waals surface area contributed by atoms with E-state index in [-0.39, 0.29) is 17.6 Å². The summed E-state index contributed by atoms with van der Waals surface area (Å²) in [7, 11) is 0. The third-order valence-corrected chi connectivity index (χ3v) is 3.81. The quantitative estimate of drug-likeness (QED) is 0.682. The maximum Gasteiger partial charge on any atom is 0.176 e. The zero-order valence-corrected chi connectivity index (χ0v) is 10.0. The van der Waals surface area contributed by atoms with Crippen LogP contribution in [0.25, 0.3) is 0 Å². The largest absolute Gasteiger partial charge is 0.350 e. The van der Waals surface area contributed by atoms with Crippen molar-refractivity contribution in [2.24, 2.45) is 11.3 Å². The van der Waals surface area contributed by atoms with Gasteiger partial charge in [-0.25, -0.2) is 0 Å². The Balaban J connectivity index is 1.83. The predicted molar refractivity (Wildman–Crippen MR) is 56.8 cm³/mol. The Labute approximate surface area is 96.2 Å². The van der Waals surface area contributed by atoms with E-state index in [1.807, 2.05) is 0 Å². The highest BCUT2D eigenvalue weighted by atomic mass is 16.8. The number of hydrogen-bond donors (Lipinski definition) is 0. The van der Waals surface area contributed by atoms with Crippen molar-refractivity contribution in [2.45, 2.75) is 38.8 Å². The van der Waals surface area contributed by atoms with E-state index in [4.69, 9.17) is 18.9 Å². The second-order valence-electron chi connectivity index (χ2n) is 5.77. The van der Waals surface area contributed by atoms with Gasteiger partial charge in [0.15, 0.2) is 12.1 Å². The first kappa shape index (κ1) is 11.0. The van der Waals surface area contributed by atoms with Gasteiger partial charge in [-0.2, -0.15) is 0 Å². The van der Waals surface area contributed by atoms with Gasteiger partial charge in [0, 0.05) is 6.42 Å². The van der Waals surface area contributed by atoms with Crippen LogP contribution >= 0.6 is 0 Å².